The maximum Gasteiger partial charge on any atom is 0.255 e. The van der Waals surface area contributed by atoms with Crippen molar-refractivity contribution in [3.8, 4) is 5.75 Å². The zero-order valence-electron chi connectivity index (χ0n) is 12.5. The van der Waals surface area contributed by atoms with Gasteiger partial charge in [-0.25, -0.2) is 0 Å². The standard InChI is InChI=1S/C16H23N3O2/c1-2-21-15-11(5-3-6-12(15)17)16(20)18-13-8-10-19-9-4-7-14(13)19/h3,5-6,13-14H,2,4,7-10,17H2,1H3,(H,18,20). The van der Waals surface area contributed by atoms with Gasteiger partial charge in [0.15, 0.2) is 5.75 Å². The lowest BCUT2D eigenvalue weighted by molar-refractivity contribution is 0.0926. The quantitative estimate of drug-likeness (QED) is 0.827. The number of nitrogen functional groups attached to an aromatic ring is 1. The molecule has 2 heterocycles. The van der Waals surface area contributed by atoms with E-state index in [1.165, 1.54) is 19.4 Å². The summed E-state index contributed by atoms with van der Waals surface area (Å²) in [5.74, 6) is 0.420. The molecular weight excluding hydrogens is 266 g/mol. The van der Waals surface area contributed by atoms with E-state index >= 15 is 0 Å². The molecular formula is C16H23N3O2. The van der Waals surface area contributed by atoms with Gasteiger partial charge in [-0.15, -0.1) is 0 Å². The average Bonchev–Trinajstić information content (AvgIpc) is 3.06. The second kappa shape index (κ2) is 5.93. The van der Waals surface area contributed by atoms with E-state index in [9.17, 15) is 4.79 Å². The summed E-state index contributed by atoms with van der Waals surface area (Å²) in [5, 5.41) is 3.18. The molecule has 0 bridgehead atoms. The van der Waals surface area contributed by atoms with Gasteiger partial charge in [-0.1, -0.05) is 6.07 Å². The number of nitrogens with one attached hydrogen (secondary N) is 1. The van der Waals surface area contributed by atoms with Crippen molar-refractivity contribution in [1.29, 1.82) is 0 Å². The van der Waals surface area contributed by atoms with E-state index in [0.29, 0.717) is 29.6 Å². The molecule has 2 saturated heterocycles. The van der Waals surface area contributed by atoms with Gasteiger partial charge < -0.3 is 15.8 Å². The fourth-order valence-corrected chi connectivity index (χ4v) is 3.54. The van der Waals surface area contributed by atoms with Gasteiger partial charge in [-0.3, -0.25) is 9.69 Å². The lowest BCUT2D eigenvalue weighted by Crippen LogP contribution is -2.42. The minimum atomic E-state index is -0.0792. The van der Waals surface area contributed by atoms with Crippen LogP contribution in [0.25, 0.3) is 0 Å². The summed E-state index contributed by atoms with van der Waals surface area (Å²) >= 11 is 0. The van der Waals surface area contributed by atoms with Gasteiger partial charge in [0.05, 0.1) is 17.9 Å². The number of hydrogen-bond donors (Lipinski definition) is 2. The van der Waals surface area contributed by atoms with Gasteiger partial charge in [-0.2, -0.15) is 0 Å². The Bertz CT molecular complexity index is 532. The maximum absolute atomic E-state index is 12.6. The molecule has 0 aliphatic carbocycles. The number of nitrogens with zero attached hydrogens (tertiary/aromatic N) is 1. The number of fused-ring (bicyclic) bond motifs is 1. The molecule has 1 amide bonds. The number of amides is 1. The van der Waals surface area contributed by atoms with E-state index in [-0.39, 0.29) is 11.9 Å². The van der Waals surface area contributed by atoms with Crippen molar-refractivity contribution in [2.45, 2.75) is 38.3 Å². The molecule has 2 atom stereocenters. The number of anilines is 1. The van der Waals surface area contributed by atoms with E-state index in [1.54, 1.807) is 18.2 Å². The van der Waals surface area contributed by atoms with Crippen LogP contribution in [0.2, 0.25) is 0 Å². The van der Waals surface area contributed by atoms with Crippen molar-refractivity contribution < 1.29 is 9.53 Å². The number of benzene rings is 1. The van der Waals surface area contributed by atoms with E-state index in [0.717, 1.165) is 13.0 Å². The van der Waals surface area contributed by atoms with Crippen LogP contribution >= 0.6 is 0 Å². The molecule has 1 aromatic carbocycles. The Morgan fingerprint density at radius 1 is 1.43 bits per heavy atom. The van der Waals surface area contributed by atoms with Gasteiger partial charge in [-0.05, 0) is 44.9 Å². The number of nitrogens with two attached hydrogens (primary N) is 1. The molecule has 0 radical (unpaired) electrons. The van der Waals surface area contributed by atoms with E-state index < -0.39 is 0 Å². The van der Waals surface area contributed by atoms with Gasteiger partial charge in [0, 0.05) is 18.6 Å². The molecule has 2 unspecified atom stereocenters. The summed E-state index contributed by atoms with van der Waals surface area (Å²) < 4.78 is 5.54. The van der Waals surface area contributed by atoms with Gasteiger partial charge in [0.2, 0.25) is 0 Å². The van der Waals surface area contributed by atoms with Gasteiger partial charge >= 0.3 is 0 Å². The third-order valence-electron chi connectivity index (χ3n) is 4.50. The van der Waals surface area contributed by atoms with Gasteiger partial charge in [0.1, 0.15) is 0 Å². The monoisotopic (exact) mass is 289 g/mol. The Morgan fingerprint density at radius 3 is 3.10 bits per heavy atom. The molecule has 21 heavy (non-hydrogen) atoms. The van der Waals surface area contributed by atoms with Crippen molar-refractivity contribution in [2.24, 2.45) is 0 Å². The molecule has 0 aromatic heterocycles. The first-order chi connectivity index (χ1) is 10.2. The third kappa shape index (κ3) is 2.70. The van der Waals surface area contributed by atoms with Crippen molar-refractivity contribution >= 4 is 11.6 Å². The summed E-state index contributed by atoms with van der Waals surface area (Å²) in [5.41, 5.74) is 6.97. The fourth-order valence-electron chi connectivity index (χ4n) is 3.54. The largest absolute Gasteiger partial charge is 0.491 e. The van der Waals surface area contributed by atoms with Gasteiger partial charge in [0.25, 0.3) is 5.91 Å². The Labute approximate surface area is 125 Å². The molecule has 2 aliphatic heterocycles. The molecule has 1 aromatic rings. The third-order valence-corrected chi connectivity index (χ3v) is 4.50. The SMILES string of the molecule is CCOc1c(N)cccc1C(=O)NC1CCN2CCCC12. The normalized spacial score (nSPS) is 24.8. The maximum atomic E-state index is 12.6. The summed E-state index contributed by atoms with van der Waals surface area (Å²) in [6, 6.07) is 6.08. The summed E-state index contributed by atoms with van der Waals surface area (Å²) in [4.78, 5) is 15.1. The van der Waals surface area contributed by atoms with Crippen LogP contribution in [-0.4, -0.2) is 42.6 Å². The zero-order chi connectivity index (χ0) is 14.8. The molecule has 5 heteroatoms. The van der Waals surface area contributed by atoms with Crippen LogP contribution in [0.4, 0.5) is 5.69 Å². The molecule has 0 saturated carbocycles. The number of hydrogen-bond acceptors (Lipinski definition) is 4. The molecule has 0 spiro atoms. The molecule has 114 valence electrons. The summed E-state index contributed by atoms with van der Waals surface area (Å²) in [6.45, 7) is 4.64. The van der Waals surface area contributed by atoms with Crippen molar-refractivity contribution in [1.82, 2.24) is 10.2 Å². The van der Waals surface area contributed by atoms with E-state index in [1.807, 2.05) is 6.92 Å². The second-order valence-electron chi connectivity index (χ2n) is 5.77. The highest BCUT2D eigenvalue weighted by Crippen LogP contribution is 2.30. The van der Waals surface area contributed by atoms with Crippen LogP contribution in [0, 0.1) is 0 Å². The van der Waals surface area contributed by atoms with Crippen LogP contribution < -0.4 is 15.8 Å². The Balaban J connectivity index is 1.75. The zero-order valence-corrected chi connectivity index (χ0v) is 12.5. The topological polar surface area (TPSA) is 67.6 Å². The molecule has 3 N–H and O–H groups in total. The van der Waals surface area contributed by atoms with E-state index in [4.69, 9.17) is 10.5 Å². The van der Waals surface area contributed by atoms with Crippen LogP contribution in [0.1, 0.15) is 36.5 Å². The number of carbonyl (C=O) groups is 1. The fraction of sp³-hybridized carbons (Fsp3) is 0.562. The minimum absolute atomic E-state index is 0.0792. The second-order valence-corrected chi connectivity index (χ2v) is 5.77. The smallest absolute Gasteiger partial charge is 0.255 e. The molecule has 2 fully saturated rings. The first kappa shape index (κ1) is 14.2. The molecule has 2 aliphatic rings. The minimum Gasteiger partial charge on any atom is -0.491 e. The average molecular weight is 289 g/mol. The van der Waals surface area contributed by atoms with Crippen molar-refractivity contribution in [2.75, 3.05) is 25.4 Å². The predicted molar refractivity (Wildman–Crippen MR) is 82.5 cm³/mol. The number of carbonyl (C=O) groups excluding carboxylic acids is 1. The number of para-hydroxylation sites is 1. The van der Waals surface area contributed by atoms with Crippen LogP contribution in [-0.2, 0) is 0 Å². The lowest BCUT2D eigenvalue weighted by Gasteiger charge is -2.22. The van der Waals surface area contributed by atoms with Crippen LogP contribution in [0.5, 0.6) is 5.75 Å². The Hall–Kier alpha value is -1.75. The van der Waals surface area contributed by atoms with Crippen LogP contribution in [0.3, 0.4) is 0 Å². The predicted octanol–water partition coefficient (Wildman–Crippen LogP) is 1.63. The molecule has 3 rings (SSSR count). The Kier molecular flexibility index (Phi) is 4.01. The summed E-state index contributed by atoms with van der Waals surface area (Å²) in [6.07, 6.45) is 3.45. The number of ether oxygens (including phenoxy) is 1. The number of rotatable bonds is 4. The molecule has 5 nitrogen and oxygen atoms in total. The van der Waals surface area contributed by atoms with Crippen molar-refractivity contribution in [3.63, 3.8) is 0 Å². The van der Waals surface area contributed by atoms with E-state index in [2.05, 4.69) is 10.2 Å². The highest BCUT2D eigenvalue weighted by Gasteiger charge is 2.38. The highest BCUT2D eigenvalue weighted by molar-refractivity contribution is 5.98. The van der Waals surface area contributed by atoms with Crippen molar-refractivity contribution in [3.05, 3.63) is 23.8 Å². The van der Waals surface area contributed by atoms with Crippen LogP contribution in [0.15, 0.2) is 18.2 Å². The lowest BCUT2D eigenvalue weighted by atomic mass is 10.1. The highest BCUT2D eigenvalue weighted by atomic mass is 16.5. The summed E-state index contributed by atoms with van der Waals surface area (Å²) in [7, 11) is 0. The Morgan fingerprint density at radius 2 is 2.29 bits per heavy atom. The first-order valence-electron chi connectivity index (χ1n) is 7.77. The first-order valence-corrected chi connectivity index (χ1v) is 7.77.